The van der Waals surface area contributed by atoms with Crippen LogP contribution in [0.3, 0.4) is 0 Å². The van der Waals surface area contributed by atoms with Crippen LogP contribution in [-0.2, 0) is 0 Å². The van der Waals surface area contributed by atoms with E-state index in [2.05, 4.69) is 15.0 Å². The fourth-order valence-corrected chi connectivity index (χ4v) is 1.40. The lowest BCUT2D eigenvalue weighted by atomic mass is 10.2. The Balaban J connectivity index is 2.54. The van der Waals surface area contributed by atoms with Crippen molar-refractivity contribution in [1.29, 1.82) is 0 Å². The highest BCUT2D eigenvalue weighted by Crippen LogP contribution is 2.23. The van der Waals surface area contributed by atoms with Crippen molar-refractivity contribution in [3.63, 3.8) is 0 Å². The van der Waals surface area contributed by atoms with Gasteiger partial charge in [0.2, 0.25) is 0 Å². The number of aromatic nitrogens is 3. The van der Waals surface area contributed by atoms with Gasteiger partial charge in [-0.1, -0.05) is 0 Å². The summed E-state index contributed by atoms with van der Waals surface area (Å²) < 4.78 is 23.4. The quantitative estimate of drug-likeness (QED) is 0.880. The molecule has 18 heavy (non-hydrogen) atoms. The van der Waals surface area contributed by atoms with E-state index in [4.69, 9.17) is 9.47 Å². The Labute approximate surface area is 101 Å². The standard InChI is InChI=1S/C11H10FN3O3/c1-17-6-3-4-7(8(12)5-6)9-13-10(16)15-11(14-9)18-2/h3-5H,1-2H3,(H,13,14,15,16). The minimum atomic E-state index is -0.660. The summed E-state index contributed by atoms with van der Waals surface area (Å²) in [7, 11) is 2.76. The Morgan fingerprint density at radius 2 is 2.00 bits per heavy atom. The van der Waals surface area contributed by atoms with Gasteiger partial charge in [-0.15, -0.1) is 4.98 Å². The molecule has 0 spiro atoms. The summed E-state index contributed by atoms with van der Waals surface area (Å²) in [6, 6.07) is 4.09. The van der Waals surface area contributed by atoms with Crippen molar-refractivity contribution in [2.75, 3.05) is 14.2 Å². The molecule has 0 amide bonds. The zero-order valence-corrected chi connectivity index (χ0v) is 9.73. The number of nitrogens with one attached hydrogen (secondary N) is 1. The second-order valence-corrected chi connectivity index (χ2v) is 3.33. The number of hydrogen-bond acceptors (Lipinski definition) is 5. The molecule has 1 N–H and O–H groups in total. The van der Waals surface area contributed by atoms with E-state index in [0.29, 0.717) is 5.75 Å². The van der Waals surface area contributed by atoms with Crippen molar-refractivity contribution in [2.45, 2.75) is 0 Å². The molecule has 7 heteroatoms. The Morgan fingerprint density at radius 1 is 1.22 bits per heavy atom. The number of hydrogen-bond donors (Lipinski definition) is 1. The van der Waals surface area contributed by atoms with Crippen molar-refractivity contribution in [3.8, 4) is 23.1 Å². The third-order valence-corrected chi connectivity index (χ3v) is 2.24. The van der Waals surface area contributed by atoms with Crippen LogP contribution in [-0.4, -0.2) is 29.2 Å². The average Bonchev–Trinajstić information content (AvgIpc) is 2.37. The lowest BCUT2D eigenvalue weighted by Crippen LogP contribution is -2.14. The van der Waals surface area contributed by atoms with E-state index >= 15 is 0 Å². The molecule has 0 bridgehead atoms. The average molecular weight is 251 g/mol. The monoisotopic (exact) mass is 251 g/mol. The minimum absolute atomic E-state index is 0.0482. The molecule has 0 aliphatic heterocycles. The third kappa shape index (κ3) is 2.29. The molecule has 1 aromatic heterocycles. The van der Waals surface area contributed by atoms with Crippen molar-refractivity contribution in [2.24, 2.45) is 0 Å². The van der Waals surface area contributed by atoms with Crippen LogP contribution in [0, 0.1) is 5.82 Å². The van der Waals surface area contributed by atoms with Crippen molar-refractivity contribution < 1.29 is 13.9 Å². The van der Waals surface area contributed by atoms with Gasteiger partial charge in [0.05, 0.1) is 19.8 Å². The van der Waals surface area contributed by atoms with Gasteiger partial charge in [-0.2, -0.15) is 4.98 Å². The molecular weight excluding hydrogens is 241 g/mol. The highest BCUT2D eigenvalue weighted by molar-refractivity contribution is 5.57. The van der Waals surface area contributed by atoms with E-state index in [1.165, 1.54) is 26.4 Å². The van der Waals surface area contributed by atoms with Crippen LogP contribution >= 0.6 is 0 Å². The maximum Gasteiger partial charge on any atom is 0.351 e. The van der Waals surface area contributed by atoms with Crippen LogP contribution < -0.4 is 15.2 Å². The summed E-state index contributed by atoms with van der Waals surface area (Å²) >= 11 is 0. The number of aromatic amines is 1. The van der Waals surface area contributed by atoms with Crippen LogP contribution in [0.15, 0.2) is 23.0 Å². The van der Waals surface area contributed by atoms with Gasteiger partial charge in [0.25, 0.3) is 0 Å². The predicted octanol–water partition coefficient (Wildman–Crippen LogP) is 0.988. The Kier molecular flexibility index (Phi) is 3.22. The number of H-pyrrole nitrogens is 1. The predicted molar refractivity (Wildman–Crippen MR) is 61.2 cm³/mol. The molecule has 0 aliphatic rings. The Bertz CT molecular complexity index is 627. The van der Waals surface area contributed by atoms with E-state index in [0.717, 1.165) is 0 Å². The second kappa shape index (κ2) is 4.82. The summed E-state index contributed by atoms with van der Waals surface area (Å²) in [5, 5.41) is 0. The number of ether oxygens (including phenoxy) is 2. The number of rotatable bonds is 3. The van der Waals surface area contributed by atoms with Gasteiger partial charge in [0.15, 0.2) is 0 Å². The smallest absolute Gasteiger partial charge is 0.351 e. The van der Waals surface area contributed by atoms with Gasteiger partial charge in [-0.05, 0) is 12.1 Å². The molecule has 1 heterocycles. The minimum Gasteiger partial charge on any atom is -0.497 e. The SMILES string of the molecule is COc1ccc(-c2nc(OC)nc(=O)[nH]2)c(F)c1. The first-order chi connectivity index (χ1) is 8.63. The first kappa shape index (κ1) is 12.0. The van der Waals surface area contributed by atoms with E-state index in [-0.39, 0.29) is 17.4 Å². The van der Waals surface area contributed by atoms with E-state index in [9.17, 15) is 9.18 Å². The highest BCUT2D eigenvalue weighted by Gasteiger charge is 2.11. The van der Waals surface area contributed by atoms with E-state index in [1.54, 1.807) is 6.07 Å². The molecule has 0 aliphatic carbocycles. The molecule has 2 aromatic rings. The number of benzene rings is 1. The summed E-state index contributed by atoms with van der Waals surface area (Å²) in [4.78, 5) is 20.9. The Morgan fingerprint density at radius 3 is 2.61 bits per heavy atom. The van der Waals surface area contributed by atoms with Crippen LogP contribution in [0.25, 0.3) is 11.4 Å². The topological polar surface area (TPSA) is 77.1 Å². The fraction of sp³-hybridized carbons (Fsp3) is 0.182. The molecule has 94 valence electrons. The van der Waals surface area contributed by atoms with E-state index in [1.807, 2.05) is 0 Å². The fourth-order valence-electron chi connectivity index (χ4n) is 1.40. The molecule has 0 radical (unpaired) electrons. The number of nitrogens with zero attached hydrogens (tertiary/aromatic N) is 2. The molecule has 0 saturated carbocycles. The molecule has 1 aromatic carbocycles. The van der Waals surface area contributed by atoms with Gasteiger partial charge in [-0.25, -0.2) is 9.18 Å². The normalized spacial score (nSPS) is 10.2. The molecule has 0 saturated heterocycles. The van der Waals surface area contributed by atoms with Crippen LogP contribution in [0.1, 0.15) is 0 Å². The summed E-state index contributed by atoms with van der Waals surface area (Å²) in [5.41, 5.74) is -0.527. The lowest BCUT2D eigenvalue weighted by Gasteiger charge is -2.05. The Hall–Kier alpha value is -2.44. The molecular formula is C11H10FN3O3. The van der Waals surface area contributed by atoms with Crippen molar-refractivity contribution >= 4 is 0 Å². The summed E-state index contributed by atoms with van der Waals surface area (Å²) in [6.45, 7) is 0. The van der Waals surface area contributed by atoms with Gasteiger partial charge in [-0.3, -0.25) is 4.98 Å². The maximum absolute atomic E-state index is 13.8. The summed E-state index contributed by atoms with van der Waals surface area (Å²) in [6.07, 6.45) is 0. The van der Waals surface area contributed by atoms with Gasteiger partial charge in [0.1, 0.15) is 17.4 Å². The maximum atomic E-state index is 13.8. The molecule has 0 fully saturated rings. The zero-order chi connectivity index (χ0) is 13.1. The number of methoxy groups -OCH3 is 2. The molecule has 2 rings (SSSR count). The van der Waals surface area contributed by atoms with Crippen LogP contribution in [0.2, 0.25) is 0 Å². The van der Waals surface area contributed by atoms with Gasteiger partial charge >= 0.3 is 11.7 Å². The van der Waals surface area contributed by atoms with Crippen molar-refractivity contribution in [3.05, 3.63) is 34.5 Å². The first-order valence-corrected chi connectivity index (χ1v) is 5.00. The first-order valence-electron chi connectivity index (χ1n) is 5.00. The van der Waals surface area contributed by atoms with Crippen LogP contribution in [0.4, 0.5) is 4.39 Å². The third-order valence-electron chi connectivity index (χ3n) is 2.24. The van der Waals surface area contributed by atoms with Gasteiger partial charge < -0.3 is 9.47 Å². The zero-order valence-electron chi connectivity index (χ0n) is 9.73. The van der Waals surface area contributed by atoms with Gasteiger partial charge in [0, 0.05) is 6.07 Å². The molecule has 0 unspecified atom stereocenters. The lowest BCUT2D eigenvalue weighted by molar-refractivity contribution is 0.376. The van der Waals surface area contributed by atoms with Crippen molar-refractivity contribution in [1.82, 2.24) is 15.0 Å². The second-order valence-electron chi connectivity index (χ2n) is 3.33. The molecule has 0 atom stereocenters. The van der Waals surface area contributed by atoms with Crippen LogP contribution in [0.5, 0.6) is 11.8 Å². The largest absolute Gasteiger partial charge is 0.497 e. The van der Waals surface area contributed by atoms with E-state index < -0.39 is 11.5 Å². The highest BCUT2D eigenvalue weighted by atomic mass is 19.1. The summed E-state index contributed by atoms with van der Waals surface area (Å²) in [5.74, 6) is -0.141. The number of halogens is 1. The molecule has 6 nitrogen and oxygen atoms in total.